The van der Waals surface area contributed by atoms with E-state index in [1.807, 2.05) is 48.5 Å². The Balaban J connectivity index is 1.25. The number of urea groups is 1. The summed E-state index contributed by atoms with van der Waals surface area (Å²) >= 11 is 0. The molecule has 4 amide bonds. The number of fused-ring (bicyclic) bond motifs is 4. The number of anilines is 1. The van der Waals surface area contributed by atoms with Crippen LogP contribution in [0, 0.1) is 5.82 Å². The van der Waals surface area contributed by atoms with Crippen molar-refractivity contribution in [2.75, 3.05) is 12.0 Å². The molecule has 2 atom stereocenters. The van der Waals surface area contributed by atoms with Gasteiger partial charge in [-0.05, 0) is 59.2 Å². The fourth-order valence-electron chi connectivity index (χ4n) is 6.17. The summed E-state index contributed by atoms with van der Waals surface area (Å²) in [4.78, 5) is 47.9. The maximum absolute atomic E-state index is 14.2. The molecule has 0 bridgehead atoms. The van der Waals surface area contributed by atoms with Crippen molar-refractivity contribution in [2.45, 2.75) is 25.0 Å². The normalized spacial score (nSPS) is 17.6. The number of amides is 4. The van der Waals surface area contributed by atoms with Crippen LogP contribution in [-0.2, 0) is 17.8 Å². The molecule has 1 fully saturated rings. The van der Waals surface area contributed by atoms with Crippen molar-refractivity contribution in [2.24, 2.45) is 0 Å². The Kier molecular flexibility index (Phi) is 6.42. The van der Waals surface area contributed by atoms with Gasteiger partial charge in [0, 0.05) is 29.6 Å². The van der Waals surface area contributed by atoms with E-state index >= 15 is 0 Å². The molecule has 1 saturated heterocycles. The first-order valence-corrected chi connectivity index (χ1v) is 14.0. The van der Waals surface area contributed by atoms with E-state index in [0.717, 1.165) is 32.6 Å². The second-order valence-electron chi connectivity index (χ2n) is 10.6. The second kappa shape index (κ2) is 10.4. The quantitative estimate of drug-likeness (QED) is 0.253. The van der Waals surface area contributed by atoms with Crippen molar-refractivity contribution in [3.05, 3.63) is 131 Å². The predicted octanol–water partition coefficient (Wildman–Crippen LogP) is 5.73. The Morgan fingerprint density at radius 1 is 0.953 bits per heavy atom. The average molecular weight is 575 g/mol. The van der Waals surface area contributed by atoms with Gasteiger partial charge in [-0.15, -0.1) is 0 Å². The minimum atomic E-state index is -0.801. The standard InChI is InChI=1S/C34H27FN4O4/c1-43-23-16-10-20(11-17-23)19-36-32(40)25-7-3-5-9-28(25)39-33(41)29-18-26-24-6-2-4-8-27(24)37-30(26)31(38(29)34(39)42)21-12-14-22(35)15-13-21/h2-17,29,31,37H,18-19H2,1H3,(H,36,40)/t29-,31-/m0/s1. The molecular formula is C34H27FN4O4. The van der Waals surface area contributed by atoms with Gasteiger partial charge < -0.3 is 15.0 Å². The molecule has 2 aliphatic heterocycles. The molecule has 0 radical (unpaired) electrons. The van der Waals surface area contributed by atoms with Crippen molar-refractivity contribution in [1.82, 2.24) is 15.2 Å². The number of hydrogen-bond acceptors (Lipinski definition) is 4. The highest BCUT2D eigenvalue weighted by Gasteiger charge is 2.53. The van der Waals surface area contributed by atoms with E-state index in [1.54, 1.807) is 48.4 Å². The van der Waals surface area contributed by atoms with Gasteiger partial charge in [0.05, 0.1) is 18.4 Å². The summed E-state index contributed by atoms with van der Waals surface area (Å²) in [5.74, 6) is -0.513. The monoisotopic (exact) mass is 574 g/mol. The Bertz CT molecular complexity index is 1880. The summed E-state index contributed by atoms with van der Waals surface area (Å²) in [6, 6.07) is 25.7. The Morgan fingerprint density at radius 2 is 1.67 bits per heavy atom. The molecule has 2 aliphatic rings. The maximum Gasteiger partial charge on any atom is 0.332 e. The summed E-state index contributed by atoms with van der Waals surface area (Å²) in [5.41, 5.74) is 4.60. The lowest BCUT2D eigenvalue weighted by atomic mass is 9.89. The number of nitrogens with zero attached hydrogens (tertiary/aromatic N) is 2. The lowest BCUT2D eigenvalue weighted by molar-refractivity contribution is -0.120. The molecule has 7 rings (SSSR count). The third-order valence-corrected chi connectivity index (χ3v) is 8.24. The fraction of sp³-hybridized carbons (Fsp3) is 0.147. The van der Waals surface area contributed by atoms with Crippen LogP contribution in [-0.4, -0.2) is 40.9 Å². The highest BCUT2D eigenvalue weighted by molar-refractivity contribution is 6.24. The zero-order chi connectivity index (χ0) is 29.7. The smallest absolute Gasteiger partial charge is 0.332 e. The van der Waals surface area contributed by atoms with E-state index in [4.69, 9.17) is 4.74 Å². The van der Waals surface area contributed by atoms with Gasteiger partial charge in [0.1, 0.15) is 23.7 Å². The van der Waals surface area contributed by atoms with Gasteiger partial charge in [0.2, 0.25) is 0 Å². The molecule has 9 heteroatoms. The van der Waals surface area contributed by atoms with Gasteiger partial charge in [-0.1, -0.05) is 54.6 Å². The number of imide groups is 1. The first-order valence-electron chi connectivity index (χ1n) is 14.0. The SMILES string of the molecule is COc1ccc(CNC(=O)c2ccccc2N2C(=O)[C@@H]3Cc4c([nH]c5ccccc45)[C@H](c4ccc(F)cc4)N3C2=O)cc1. The predicted molar refractivity (Wildman–Crippen MR) is 159 cm³/mol. The number of ether oxygens (including phenoxy) is 1. The largest absolute Gasteiger partial charge is 0.497 e. The van der Waals surface area contributed by atoms with E-state index < -0.39 is 35.7 Å². The molecule has 0 unspecified atom stereocenters. The first kappa shape index (κ1) is 26.5. The van der Waals surface area contributed by atoms with E-state index in [2.05, 4.69) is 10.3 Å². The number of nitrogens with one attached hydrogen (secondary N) is 2. The molecule has 0 spiro atoms. The van der Waals surface area contributed by atoms with Crippen LogP contribution in [0.2, 0.25) is 0 Å². The number of aromatic nitrogens is 1. The van der Waals surface area contributed by atoms with Gasteiger partial charge in [-0.3, -0.25) is 14.5 Å². The molecule has 214 valence electrons. The van der Waals surface area contributed by atoms with Gasteiger partial charge >= 0.3 is 6.03 Å². The molecule has 5 aromatic rings. The molecule has 2 N–H and O–H groups in total. The lowest BCUT2D eigenvalue weighted by Gasteiger charge is -2.36. The topological polar surface area (TPSA) is 94.7 Å². The minimum Gasteiger partial charge on any atom is -0.497 e. The van der Waals surface area contributed by atoms with Crippen LogP contribution in [0.3, 0.4) is 0 Å². The molecule has 0 aliphatic carbocycles. The number of halogens is 1. The summed E-state index contributed by atoms with van der Waals surface area (Å²) in [6.07, 6.45) is 0.309. The fourth-order valence-corrected chi connectivity index (χ4v) is 6.17. The number of carbonyl (C=O) groups excluding carboxylic acids is 3. The van der Waals surface area contributed by atoms with E-state index in [0.29, 0.717) is 17.7 Å². The van der Waals surface area contributed by atoms with Gasteiger partial charge in [-0.2, -0.15) is 0 Å². The minimum absolute atomic E-state index is 0.208. The van der Waals surface area contributed by atoms with E-state index in [-0.39, 0.29) is 17.8 Å². The average Bonchev–Trinajstić information content (AvgIpc) is 3.53. The van der Waals surface area contributed by atoms with E-state index in [1.165, 1.54) is 12.1 Å². The highest BCUT2D eigenvalue weighted by Crippen LogP contribution is 2.45. The number of rotatable bonds is 6. The zero-order valence-corrected chi connectivity index (χ0v) is 23.2. The first-order chi connectivity index (χ1) is 20.9. The van der Waals surface area contributed by atoms with Crippen LogP contribution >= 0.6 is 0 Å². The third kappa shape index (κ3) is 4.41. The summed E-state index contributed by atoms with van der Waals surface area (Å²) in [6.45, 7) is 0.252. The Morgan fingerprint density at radius 3 is 2.44 bits per heavy atom. The van der Waals surface area contributed by atoms with Gasteiger partial charge in [0.25, 0.3) is 11.8 Å². The van der Waals surface area contributed by atoms with Crippen LogP contribution in [0.1, 0.15) is 38.8 Å². The maximum atomic E-state index is 14.2. The number of hydrogen-bond donors (Lipinski definition) is 2. The van der Waals surface area contributed by atoms with Crippen molar-refractivity contribution >= 4 is 34.4 Å². The number of methoxy groups -OCH3 is 1. The zero-order valence-electron chi connectivity index (χ0n) is 23.2. The number of aromatic amines is 1. The molecule has 4 aromatic carbocycles. The number of para-hydroxylation sites is 2. The second-order valence-corrected chi connectivity index (χ2v) is 10.6. The van der Waals surface area contributed by atoms with Crippen LogP contribution in [0.15, 0.2) is 97.1 Å². The highest BCUT2D eigenvalue weighted by atomic mass is 19.1. The third-order valence-electron chi connectivity index (χ3n) is 8.24. The number of H-pyrrole nitrogens is 1. The Hall–Kier alpha value is -5.44. The van der Waals surface area contributed by atoms with Crippen molar-refractivity contribution in [3.8, 4) is 5.75 Å². The van der Waals surface area contributed by atoms with Gasteiger partial charge in [0.15, 0.2) is 0 Å². The molecule has 0 saturated carbocycles. The van der Waals surface area contributed by atoms with Crippen molar-refractivity contribution < 1.29 is 23.5 Å². The van der Waals surface area contributed by atoms with Crippen LogP contribution in [0.5, 0.6) is 5.75 Å². The molecule has 3 heterocycles. The van der Waals surface area contributed by atoms with Crippen LogP contribution in [0.4, 0.5) is 14.9 Å². The lowest BCUT2D eigenvalue weighted by Crippen LogP contribution is -2.44. The van der Waals surface area contributed by atoms with E-state index in [9.17, 15) is 18.8 Å². The molecule has 43 heavy (non-hydrogen) atoms. The van der Waals surface area contributed by atoms with Crippen molar-refractivity contribution in [1.29, 1.82) is 0 Å². The number of carbonyl (C=O) groups is 3. The van der Waals surface area contributed by atoms with Crippen molar-refractivity contribution in [3.63, 3.8) is 0 Å². The van der Waals surface area contributed by atoms with Crippen LogP contribution < -0.4 is 15.0 Å². The summed E-state index contributed by atoms with van der Waals surface area (Å²) in [7, 11) is 1.59. The molecule has 1 aromatic heterocycles. The van der Waals surface area contributed by atoms with Crippen LogP contribution in [0.25, 0.3) is 10.9 Å². The Labute approximate surface area is 246 Å². The number of benzene rings is 4. The summed E-state index contributed by atoms with van der Waals surface area (Å²) < 4.78 is 19.1. The summed E-state index contributed by atoms with van der Waals surface area (Å²) in [5, 5.41) is 3.87. The van der Waals surface area contributed by atoms with Gasteiger partial charge in [-0.25, -0.2) is 14.1 Å². The molecule has 8 nitrogen and oxygen atoms in total. The molecular weight excluding hydrogens is 547 g/mol.